The van der Waals surface area contributed by atoms with E-state index in [9.17, 15) is 0 Å². The Morgan fingerprint density at radius 2 is 1.31 bits per heavy atom. The van der Waals surface area contributed by atoms with Crippen molar-refractivity contribution in [2.45, 2.75) is 26.7 Å². The summed E-state index contributed by atoms with van der Waals surface area (Å²) < 4.78 is 6.09. The van der Waals surface area contributed by atoms with Crippen molar-refractivity contribution in [2.24, 2.45) is 0 Å². The molecule has 3 aromatic carbocycles. The lowest BCUT2D eigenvalue weighted by atomic mass is 9.99. The minimum absolute atomic E-state index is 0.479. The molecule has 5 aromatic rings. The number of benzene rings is 3. The fourth-order valence-electron chi connectivity index (χ4n) is 3.83. The van der Waals surface area contributed by atoms with Crippen molar-refractivity contribution >= 4 is 21.9 Å². The van der Waals surface area contributed by atoms with E-state index in [1.54, 1.807) is 0 Å². The second kappa shape index (κ2) is 6.89. The van der Waals surface area contributed by atoms with E-state index in [1.807, 2.05) is 6.20 Å². The van der Waals surface area contributed by atoms with E-state index in [0.29, 0.717) is 5.92 Å². The Labute approximate surface area is 170 Å². The smallest absolute Gasteiger partial charge is 0.135 e. The number of pyridine rings is 1. The van der Waals surface area contributed by atoms with Crippen LogP contribution in [0.1, 0.15) is 30.9 Å². The van der Waals surface area contributed by atoms with Crippen LogP contribution in [0.4, 0.5) is 0 Å². The monoisotopic (exact) mass is 377 g/mol. The minimum Gasteiger partial charge on any atom is -0.456 e. The van der Waals surface area contributed by atoms with Crippen LogP contribution in [-0.2, 0) is 0 Å². The van der Waals surface area contributed by atoms with Crippen LogP contribution in [-0.4, -0.2) is 4.98 Å². The third-order valence-electron chi connectivity index (χ3n) is 5.60. The zero-order chi connectivity index (χ0) is 20.0. The third kappa shape index (κ3) is 3.21. The van der Waals surface area contributed by atoms with E-state index in [0.717, 1.165) is 33.2 Å². The van der Waals surface area contributed by atoms with Gasteiger partial charge in [0.1, 0.15) is 11.2 Å². The van der Waals surface area contributed by atoms with Crippen LogP contribution in [0.3, 0.4) is 0 Å². The summed E-state index contributed by atoms with van der Waals surface area (Å²) in [6.45, 7) is 6.53. The normalized spacial score (nSPS) is 11.6. The van der Waals surface area contributed by atoms with E-state index in [4.69, 9.17) is 4.42 Å². The maximum Gasteiger partial charge on any atom is 0.135 e. The zero-order valence-electron chi connectivity index (χ0n) is 16.9. The molecular weight excluding hydrogens is 354 g/mol. The summed E-state index contributed by atoms with van der Waals surface area (Å²) in [4.78, 5) is 4.61. The molecule has 2 heterocycles. The van der Waals surface area contributed by atoms with Gasteiger partial charge in [0.25, 0.3) is 0 Å². The molecule has 142 valence electrons. The Morgan fingerprint density at radius 3 is 2.00 bits per heavy atom. The van der Waals surface area contributed by atoms with Crippen LogP contribution in [0.5, 0.6) is 0 Å². The molecular formula is C27H23NO. The summed E-state index contributed by atoms with van der Waals surface area (Å²) in [7, 11) is 0. The molecule has 5 rings (SSSR count). The van der Waals surface area contributed by atoms with Crippen molar-refractivity contribution < 1.29 is 4.42 Å². The topological polar surface area (TPSA) is 26.0 Å². The highest BCUT2D eigenvalue weighted by Gasteiger charge is 2.11. The molecule has 0 saturated carbocycles. The van der Waals surface area contributed by atoms with Gasteiger partial charge in [0.2, 0.25) is 0 Å². The van der Waals surface area contributed by atoms with Gasteiger partial charge in [0.15, 0.2) is 0 Å². The first kappa shape index (κ1) is 17.7. The lowest BCUT2D eigenvalue weighted by Crippen LogP contribution is -1.90. The molecule has 0 N–H and O–H groups in total. The van der Waals surface area contributed by atoms with Crippen molar-refractivity contribution in [1.29, 1.82) is 0 Å². The van der Waals surface area contributed by atoms with Crippen molar-refractivity contribution in [1.82, 2.24) is 4.98 Å². The fraction of sp³-hybridized carbons (Fsp3) is 0.148. The SMILES string of the molecule is Cc1ccc(-c2ccc3oc4ccc(-c5cc(C(C)C)ccn5)cc4c3c2)cc1. The van der Waals surface area contributed by atoms with E-state index < -0.39 is 0 Å². The molecule has 0 amide bonds. The van der Waals surface area contributed by atoms with Crippen LogP contribution < -0.4 is 0 Å². The second-order valence-electron chi connectivity index (χ2n) is 8.02. The largest absolute Gasteiger partial charge is 0.456 e. The van der Waals surface area contributed by atoms with Gasteiger partial charge in [-0.3, -0.25) is 4.98 Å². The van der Waals surface area contributed by atoms with Crippen LogP contribution in [0.2, 0.25) is 0 Å². The van der Waals surface area contributed by atoms with Gasteiger partial charge in [-0.05, 0) is 72.0 Å². The van der Waals surface area contributed by atoms with Gasteiger partial charge in [-0.1, -0.05) is 49.7 Å². The molecule has 29 heavy (non-hydrogen) atoms. The molecule has 0 saturated heterocycles. The Bertz CT molecular complexity index is 1330. The summed E-state index contributed by atoms with van der Waals surface area (Å²) in [6, 6.07) is 25.7. The van der Waals surface area contributed by atoms with Crippen LogP contribution in [0.25, 0.3) is 44.3 Å². The fourth-order valence-corrected chi connectivity index (χ4v) is 3.83. The standard InChI is InChI=1S/C27H23NO/c1-17(2)20-12-13-28-25(16-20)22-9-11-27-24(15-22)23-14-21(8-10-26(23)29-27)19-6-4-18(3)5-7-19/h4-17H,1-3H3. The molecule has 0 atom stereocenters. The van der Waals surface area contributed by atoms with Crippen molar-refractivity contribution in [3.05, 3.63) is 90.1 Å². The highest BCUT2D eigenvalue weighted by molar-refractivity contribution is 6.07. The minimum atomic E-state index is 0.479. The van der Waals surface area contributed by atoms with E-state index >= 15 is 0 Å². The number of furan rings is 1. The van der Waals surface area contributed by atoms with Gasteiger partial charge < -0.3 is 4.42 Å². The summed E-state index contributed by atoms with van der Waals surface area (Å²) in [5.41, 5.74) is 8.92. The summed E-state index contributed by atoms with van der Waals surface area (Å²) >= 11 is 0. The first-order chi connectivity index (χ1) is 14.1. The van der Waals surface area contributed by atoms with Crippen molar-refractivity contribution in [3.63, 3.8) is 0 Å². The lowest BCUT2D eigenvalue weighted by Gasteiger charge is -2.07. The zero-order valence-corrected chi connectivity index (χ0v) is 16.9. The number of hydrogen-bond acceptors (Lipinski definition) is 2. The first-order valence-corrected chi connectivity index (χ1v) is 10.1. The molecule has 0 radical (unpaired) electrons. The predicted octanol–water partition coefficient (Wildman–Crippen LogP) is 7.75. The number of aryl methyl sites for hydroxylation is 1. The number of rotatable bonds is 3. The Kier molecular flexibility index (Phi) is 4.21. The molecule has 2 aromatic heterocycles. The van der Waals surface area contributed by atoms with Gasteiger partial charge in [-0.15, -0.1) is 0 Å². The molecule has 2 nitrogen and oxygen atoms in total. The average molecular weight is 377 g/mol. The molecule has 0 spiro atoms. The molecule has 0 unspecified atom stereocenters. The molecule has 0 aliphatic heterocycles. The third-order valence-corrected chi connectivity index (χ3v) is 5.60. The summed E-state index contributed by atoms with van der Waals surface area (Å²) in [6.07, 6.45) is 1.90. The second-order valence-corrected chi connectivity index (χ2v) is 8.02. The van der Waals surface area contributed by atoms with Gasteiger partial charge >= 0.3 is 0 Å². The van der Waals surface area contributed by atoms with Crippen LogP contribution in [0, 0.1) is 6.92 Å². The molecule has 0 fully saturated rings. The highest BCUT2D eigenvalue weighted by Crippen LogP contribution is 2.35. The van der Waals surface area contributed by atoms with Gasteiger partial charge in [0, 0.05) is 22.5 Å². The molecule has 0 aliphatic carbocycles. The van der Waals surface area contributed by atoms with Crippen molar-refractivity contribution in [2.75, 3.05) is 0 Å². The number of nitrogens with zero attached hydrogens (tertiary/aromatic N) is 1. The number of aromatic nitrogens is 1. The lowest BCUT2D eigenvalue weighted by molar-refractivity contribution is 0.669. The molecule has 0 bridgehead atoms. The van der Waals surface area contributed by atoms with Gasteiger partial charge in [-0.25, -0.2) is 0 Å². The van der Waals surface area contributed by atoms with Crippen molar-refractivity contribution in [3.8, 4) is 22.4 Å². The van der Waals surface area contributed by atoms with Crippen LogP contribution in [0.15, 0.2) is 83.4 Å². The summed E-state index contributed by atoms with van der Waals surface area (Å²) in [5.74, 6) is 0.479. The summed E-state index contributed by atoms with van der Waals surface area (Å²) in [5, 5.41) is 2.27. The number of fused-ring (bicyclic) bond motifs is 3. The quantitative estimate of drug-likeness (QED) is 0.321. The highest BCUT2D eigenvalue weighted by atomic mass is 16.3. The van der Waals surface area contributed by atoms with Gasteiger partial charge in [0.05, 0.1) is 5.69 Å². The van der Waals surface area contributed by atoms with E-state index in [-0.39, 0.29) is 0 Å². The average Bonchev–Trinajstić information content (AvgIpc) is 3.11. The Balaban J connectivity index is 1.66. The molecule has 2 heteroatoms. The first-order valence-electron chi connectivity index (χ1n) is 10.1. The van der Waals surface area contributed by atoms with E-state index in [1.165, 1.54) is 22.3 Å². The maximum atomic E-state index is 6.09. The number of hydrogen-bond donors (Lipinski definition) is 0. The Hall–Kier alpha value is -3.39. The van der Waals surface area contributed by atoms with Crippen LogP contribution >= 0.6 is 0 Å². The van der Waals surface area contributed by atoms with Gasteiger partial charge in [-0.2, -0.15) is 0 Å². The predicted molar refractivity (Wildman–Crippen MR) is 121 cm³/mol. The Morgan fingerprint density at radius 1 is 0.690 bits per heavy atom. The maximum absolute atomic E-state index is 6.09. The van der Waals surface area contributed by atoms with E-state index in [2.05, 4.69) is 98.6 Å². The molecule has 0 aliphatic rings.